The van der Waals surface area contributed by atoms with Crippen molar-refractivity contribution in [2.24, 2.45) is 0 Å². The van der Waals surface area contributed by atoms with Gasteiger partial charge in [0, 0.05) is 22.9 Å². The van der Waals surface area contributed by atoms with Crippen LogP contribution in [0.3, 0.4) is 0 Å². The van der Waals surface area contributed by atoms with Crippen molar-refractivity contribution in [3.05, 3.63) is 88.6 Å². The van der Waals surface area contributed by atoms with Gasteiger partial charge in [-0.15, -0.1) is 0 Å². The van der Waals surface area contributed by atoms with Gasteiger partial charge in [-0.1, -0.05) is 42.0 Å². The Hall–Kier alpha value is -3.32. The predicted octanol–water partition coefficient (Wildman–Crippen LogP) is 2.93. The van der Waals surface area contributed by atoms with Crippen LogP contribution in [0, 0.1) is 6.92 Å². The van der Waals surface area contributed by atoms with Crippen LogP contribution in [0.2, 0.25) is 0 Å². The summed E-state index contributed by atoms with van der Waals surface area (Å²) in [5.41, 5.74) is 1.29. The number of aryl methyl sites for hydroxylation is 1. The van der Waals surface area contributed by atoms with E-state index in [0.29, 0.717) is 0 Å². The van der Waals surface area contributed by atoms with Crippen molar-refractivity contribution >= 4 is 21.7 Å². The van der Waals surface area contributed by atoms with Crippen LogP contribution in [-0.2, 0) is 10.1 Å². The molecule has 2 aromatic carbocycles. The maximum atomic E-state index is 12.9. The molecule has 6 nitrogen and oxygen atoms in total. The molecule has 0 aliphatic heterocycles. The number of aromatic nitrogens is 1. The van der Waals surface area contributed by atoms with Crippen LogP contribution < -0.4 is 4.18 Å². The fraction of sp³-hybridized carbons (Fsp3) is 0.0500. The van der Waals surface area contributed by atoms with Crippen molar-refractivity contribution in [2.45, 2.75) is 11.8 Å². The SMILES string of the molecule is Cc1ccc(S(=O)(=O)Oc2nccc3c2C(=O)c2ccccc2C3=O)cc1. The zero-order chi connectivity index (χ0) is 19.2. The minimum Gasteiger partial charge on any atom is -0.357 e. The molecule has 0 unspecified atom stereocenters. The molecule has 0 atom stereocenters. The molecule has 27 heavy (non-hydrogen) atoms. The Labute approximate surface area is 155 Å². The number of hydrogen-bond donors (Lipinski definition) is 0. The number of rotatable bonds is 3. The van der Waals surface area contributed by atoms with Gasteiger partial charge in [-0.05, 0) is 25.1 Å². The Morgan fingerprint density at radius 3 is 2.11 bits per heavy atom. The third-order valence-electron chi connectivity index (χ3n) is 4.30. The summed E-state index contributed by atoms with van der Waals surface area (Å²) in [7, 11) is -4.21. The molecule has 1 heterocycles. The van der Waals surface area contributed by atoms with E-state index in [-0.39, 0.29) is 32.9 Å². The van der Waals surface area contributed by atoms with E-state index in [2.05, 4.69) is 4.98 Å². The van der Waals surface area contributed by atoms with E-state index < -0.39 is 21.8 Å². The number of nitrogens with zero attached hydrogens (tertiary/aromatic N) is 1. The van der Waals surface area contributed by atoms with Gasteiger partial charge in [-0.2, -0.15) is 8.42 Å². The van der Waals surface area contributed by atoms with Gasteiger partial charge in [-0.3, -0.25) is 9.59 Å². The molecule has 0 saturated heterocycles. The number of benzene rings is 2. The molecule has 0 amide bonds. The van der Waals surface area contributed by atoms with Crippen LogP contribution in [0.15, 0.2) is 65.7 Å². The van der Waals surface area contributed by atoms with Crippen LogP contribution in [0.1, 0.15) is 37.4 Å². The summed E-state index contributed by atoms with van der Waals surface area (Å²) < 4.78 is 30.3. The van der Waals surface area contributed by atoms with E-state index >= 15 is 0 Å². The second-order valence-corrected chi connectivity index (χ2v) is 7.64. The quantitative estimate of drug-likeness (QED) is 0.509. The molecule has 1 aromatic heterocycles. The van der Waals surface area contributed by atoms with Crippen molar-refractivity contribution in [3.63, 3.8) is 0 Å². The van der Waals surface area contributed by atoms with Gasteiger partial charge >= 0.3 is 10.1 Å². The van der Waals surface area contributed by atoms with Crippen molar-refractivity contribution in [1.29, 1.82) is 0 Å². The molecule has 4 rings (SSSR count). The fourth-order valence-electron chi connectivity index (χ4n) is 2.93. The summed E-state index contributed by atoms with van der Waals surface area (Å²) >= 11 is 0. The lowest BCUT2D eigenvalue weighted by Crippen LogP contribution is -2.23. The number of hydrogen-bond acceptors (Lipinski definition) is 6. The van der Waals surface area contributed by atoms with E-state index in [9.17, 15) is 18.0 Å². The largest absolute Gasteiger partial charge is 0.357 e. The standard InChI is InChI=1S/C20H13NO5S/c1-12-6-8-13(9-7-12)27(24,25)26-20-17-16(10-11-21-20)18(22)14-4-2-3-5-15(14)19(17)23/h2-11H,1H3. The van der Waals surface area contributed by atoms with Gasteiger partial charge in [0.05, 0.1) is 5.56 Å². The first-order valence-electron chi connectivity index (χ1n) is 8.07. The highest BCUT2D eigenvalue weighted by Gasteiger charge is 2.34. The van der Waals surface area contributed by atoms with Crippen molar-refractivity contribution < 1.29 is 22.2 Å². The summed E-state index contributed by atoms with van der Waals surface area (Å²) in [6.45, 7) is 1.83. The molecular weight excluding hydrogens is 366 g/mol. The van der Waals surface area contributed by atoms with E-state index in [4.69, 9.17) is 4.18 Å². The number of pyridine rings is 1. The van der Waals surface area contributed by atoms with Gasteiger partial charge in [0.15, 0.2) is 11.6 Å². The van der Waals surface area contributed by atoms with E-state index in [0.717, 1.165) is 5.56 Å². The van der Waals surface area contributed by atoms with Crippen molar-refractivity contribution in [2.75, 3.05) is 0 Å². The minimum atomic E-state index is -4.21. The van der Waals surface area contributed by atoms with Crippen LogP contribution in [-0.4, -0.2) is 25.0 Å². The summed E-state index contributed by atoms with van der Waals surface area (Å²) in [6, 6.07) is 13.8. The molecule has 0 saturated carbocycles. The third kappa shape index (κ3) is 2.82. The molecular formula is C20H13NO5S. The summed E-state index contributed by atoms with van der Waals surface area (Å²) in [5.74, 6) is -1.27. The van der Waals surface area contributed by atoms with Gasteiger partial charge in [0.1, 0.15) is 4.90 Å². The highest BCUT2D eigenvalue weighted by molar-refractivity contribution is 7.87. The first kappa shape index (κ1) is 17.1. The second-order valence-electron chi connectivity index (χ2n) is 6.09. The first-order chi connectivity index (χ1) is 12.9. The molecule has 0 bridgehead atoms. The van der Waals surface area contributed by atoms with Crippen LogP contribution >= 0.6 is 0 Å². The van der Waals surface area contributed by atoms with E-state index in [1.807, 2.05) is 6.92 Å². The third-order valence-corrected chi connectivity index (χ3v) is 5.53. The van der Waals surface area contributed by atoms with E-state index in [1.165, 1.54) is 30.5 Å². The Bertz CT molecular complexity index is 1200. The van der Waals surface area contributed by atoms with Crippen molar-refractivity contribution in [3.8, 4) is 5.88 Å². The first-order valence-corrected chi connectivity index (χ1v) is 9.48. The molecule has 7 heteroatoms. The highest BCUT2D eigenvalue weighted by atomic mass is 32.2. The molecule has 0 N–H and O–H groups in total. The zero-order valence-corrected chi connectivity index (χ0v) is 15.0. The summed E-state index contributed by atoms with van der Waals surface area (Å²) in [6.07, 6.45) is 1.25. The smallest absolute Gasteiger partial charge is 0.340 e. The number of carbonyl (C=O) groups excluding carboxylic acids is 2. The lowest BCUT2D eigenvalue weighted by atomic mass is 9.85. The normalized spacial score (nSPS) is 13.1. The molecule has 134 valence electrons. The number of carbonyl (C=O) groups is 2. The maximum absolute atomic E-state index is 12.9. The molecule has 1 aliphatic carbocycles. The molecule has 0 fully saturated rings. The second kappa shape index (κ2) is 6.14. The highest BCUT2D eigenvalue weighted by Crippen LogP contribution is 2.33. The molecule has 0 spiro atoms. The number of fused-ring (bicyclic) bond motifs is 2. The maximum Gasteiger partial charge on any atom is 0.340 e. The Morgan fingerprint density at radius 2 is 1.44 bits per heavy atom. The Balaban J connectivity index is 1.82. The average Bonchev–Trinajstić information content (AvgIpc) is 2.66. The lowest BCUT2D eigenvalue weighted by molar-refractivity contribution is 0.0977. The zero-order valence-electron chi connectivity index (χ0n) is 14.2. The topological polar surface area (TPSA) is 90.4 Å². The van der Waals surface area contributed by atoms with Crippen LogP contribution in [0.25, 0.3) is 0 Å². The van der Waals surface area contributed by atoms with Crippen molar-refractivity contribution in [1.82, 2.24) is 4.98 Å². The minimum absolute atomic E-state index is 0.0671. The van der Waals surface area contributed by atoms with Crippen LogP contribution in [0.5, 0.6) is 5.88 Å². The van der Waals surface area contributed by atoms with Gasteiger partial charge in [-0.25, -0.2) is 4.98 Å². The summed E-state index contributed by atoms with van der Waals surface area (Å²) in [5, 5.41) is 0. The fourth-order valence-corrected chi connectivity index (χ4v) is 3.83. The molecule has 0 radical (unpaired) electrons. The van der Waals surface area contributed by atoms with Gasteiger partial charge < -0.3 is 4.18 Å². The van der Waals surface area contributed by atoms with E-state index in [1.54, 1.807) is 30.3 Å². The number of ketones is 2. The van der Waals surface area contributed by atoms with Gasteiger partial charge in [0.25, 0.3) is 0 Å². The van der Waals surface area contributed by atoms with Gasteiger partial charge in [0.2, 0.25) is 5.88 Å². The monoisotopic (exact) mass is 379 g/mol. The lowest BCUT2D eigenvalue weighted by Gasteiger charge is -2.19. The predicted molar refractivity (Wildman–Crippen MR) is 96.5 cm³/mol. The van der Waals surface area contributed by atoms with Crippen LogP contribution in [0.4, 0.5) is 0 Å². The molecule has 1 aliphatic rings. The Morgan fingerprint density at radius 1 is 0.815 bits per heavy atom. The molecule has 3 aromatic rings. The Kier molecular flexibility index (Phi) is 3.89. The summed E-state index contributed by atoms with van der Waals surface area (Å²) in [4.78, 5) is 29.4. The average molecular weight is 379 g/mol.